The van der Waals surface area contributed by atoms with Crippen LogP contribution < -0.4 is 5.32 Å². The van der Waals surface area contributed by atoms with Gasteiger partial charge in [0.2, 0.25) is 0 Å². The minimum Gasteiger partial charge on any atom is -0.384 e. The summed E-state index contributed by atoms with van der Waals surface area (Å²) in [5.74, 6) is 0.806. The smallest absolute Gasteiger partial charge is 0.0490 e. The van der Waals surface area contributed by atoms with Crippen LogP contribution in [0.3, 0.4) is 0 Å². The Morgan fingerprint density at radius 3 is 3.10 bits per heavy atom. The monoisotopic (exact) mass is 143 g/mol. The highest BCUT2D eigenvalue weighted by molar-refractivity contribution is 4.65. The van der Waals surface area contributed by atoms with Crippen LogP contribution in [0.5, 0.6) is 0 Å². The zero-order valence-electron chi connectivity index (χ0n) is 6.73. The van der Waals surface area contributed by atoms with E-state index in [1.165, 1.54) is 32.4 Å². The summed E-state index contributed by atoms with van der Waals surface area (Å²) >= 11 is 0. The molecule has 10 heavy (non-hydrogen) atoms. The molecule has 0 aromatic carbocycles. The molecule has 1 fully saturated rings. The Labute approximate surface area is 63.0 Å². The Bertz CT molecular complexity index is 77.3. The highest BCUT2D eigenvalue weighted by atomic mass is 16.5. The van der Waals surface area contributed by atoms with Gasteiger partial charge in [-0.2, -0.15) is 0 Å². The first-order chi connectivity index (χ1) is 4.93. The Morgan fingerprint density at radius 2 is 2.30 bits per heavy atom. The molecule has 1 aliphatic heterocycles. The van der Waals surface area contributed by atoms with Gasteiger partial charge in [0.15, 0.2) is 0 Å². The lowest BCUT2D eigenvalue weighted by Crippen LogP contribution is -2.15. The van der Waals surface area contributed by atoms with E-state index >= 15 is 0 Å². The standard InChI is InChI=1S/C8H17NO/c1-10-7-8-3-2-5-9-6-4-8/h8-9H,2-7H2,1H3/t8-/m0/s1. The maximum absolute atomic E-state index is 5.11. The van der Waals surface area contributed by atoms with E-state index in [0.29, 0.717) is 0 Å². The molecule has 0 saturated carbocycles. The lowest BCUT2D eigenvalue weighted by atomic mass is 10.0. The van der Waals surface area contributed by atoms with Gasteiger partial charge < -0.3 is 10.1 Å². The normalized spacial score (nSPS) is 27.9. The van der Waals surface area contributed by atoms with Gasteiger partial charge in [0.05, 0.1) is 0 Å². The summed E-state index contributed by atoms with van der Waals surface area (Å²) in [4.78, 5) is 0. The fourth-order valence-electron chi connectivity index (χ4n) is 1.49. The lowest BCUT2D eigenvalue weighted by Gasteiger charge is -2.10. The minimum atomic E-state index is 0.806. The summed E-state index contributed by atoms with van der Waals surface area (Å²) in [5.41, 5.74) is 0. The maximum Gasteiger partial charge on any atom is 0.0490 e. The molecule has 0 amide bonds. The number of methoxy groups -OCH3 is 1. The van der Waals surface area contributed by atoms with Crippen LogP contribution in [0.2, 0.25) is 0 Å². The van der Waals surface area contributed by atoms with Crippen LogP contribution >= 0.6 is 0 Å². The van der Waals surface area contributed by atoms with E-state index in [0.717, 1.165) is 12.5 Å². The van der Waals surface area contributed by atoms with Crippen molar-refractivity contribution in [2.75, 3.05) is 26.8 Å². The maximum atomic E-state index is 5.11. The summed E-state index contributed by atoms with van der Waals surface area (Å²) in [6, 6.07) is 0. The van der Waals surface area contributed by atoms with Crippen LogP contribution in [-0.4, -0.2) is 26.8 Å². The molecule has 0 unspecified atom stereocenters. The third-order valence-corrected chi connectivity index (χ3v) is 2.10. The molecule has 0 aliphatic carbocycles. The largest absolute Gasteiger partial charge is 0.384 e. The number of rotatable bonds is 2. The Balaban J connectivity index is 2.15. The van der Waals surface area contributed by atoms with Gasteiger partial charge in [-0.3, -0.25) is 0 Å². The van der Waals surface area contributed by atoms with Crippen LogP contribution in [0, 0.1) is 5.92 Å². The second-order valence-electron chi connectivity index (χ2n) is 3.00. The van der Waals surface area contributed by atoms with Crippen molar-refractivity contribution < 1.29 is 4.74 Å². The van der Waals surface area contributed by atoms with Crippen molar-refractivity contribution in [2.24, 2.45) is 5.92 Å². The van der Waals surface area contributed by atoms with Crippen molar-refractivity contribution in [1.82, 2.24) is 5.32 Å². The molecule has 1 rings (SSSR count). The molecule has 0 spiro atoms. The molecule has 1 N–H and O–H groups in total. The van der Waals surface area contributed by atoms with Crippen molar-refractivity contribution >= 4 is 0 Å². The van der Waals surface area contributed by atoms with Gasteiger partial charge in [-0.25, -0.2) is 0 Å². The van der Waals surface area contributed by atoms with E-state index in [1.807, 2.05) is 0 Å². The van der Waals surface area contributed by atoms with E-state index in [-0.39, 0.29) is 0 Å². The van der Waals surface area contributed by atoms with Gasteiger partial charge in [0, 0.05) is 13.7 Å². The molecular weight excluding hydrogens is 126 g/mol. The van der Waals surface area contributed by atoms with Crippen LogP contribution in [0.1, 0.15) is 19.3 Å². The predicted molar refractivity (Wildman–Crippen MR) is 42.1 cm³/mol. The van der Waals surface area contributed by atoms with Gasteiger partial charge >= 0.3 is 0 Å². The fourth-order valence-corrected chi connectivity index (χ4v) is 1.49. The van der Waals surface area contributed by atoms with E-state index in [1.54, 1.807) is 7.11 Å². The number of hydrogen-bond acceptors (Lipinski definition) is 2. The quantitative estimate of drug-likeness (QED) is 0.623. The van der Waals surface area contributed by atoms with Crippen molar-refractivity contribution in [3.63, 3.8) is 0 Å². The van der Waals surface area contributed by atoms with Gasteiger partial charge in [0.25, 0.3) is 0 Å². The van der Waals surface area contributed by atoms with Crippen LogP contribution in [0.4, 0.5) is 0 Å². The Kier molecular flexibility index (Phi) is 3.76. The third-order valence-electron chi connectivity index (χ3n) is 2.10. The van der Waals surface area contributed by atoms with Gasteiger partial charge in [-0.05, 0) is 38.3 Å². The minimum absolute atomic E-state index is 0.806. The average molecular weight is 143 g/mol. The third kappa shape index (κ3) is 2.67. The second-order valence-corrected chi connectivity index (χ2v) is 3.00. The molecule has 1 atom stereocenters. The van der Waals surface area contributed by atoms with Crippen molar-refractivity contribution in [2.45, 2.75) is 19.3 Å². The van der Waals surface area contributed by atoms with E-state index in [9.17, 15) is 0 Å². The first-order valence-electron chi connectivity index (χ1n) is 4.13. The number of nitrogens with one attached hydrogen (secondary N) is 1. The topological polar surface area (TPSA) is 21.3 Å². The highest BCUT2D eigenvalue weighted by Crippen LogP contribution is 2.12. The molecule has 0 radical (unpaired) electrons. The van der Waals surface area contributed by atoms with Gasteiger partial charge in [-0.1, -0.05) is 0 Å². The molecule has 1 aliphatic rings. The average Bonchev–Trinajstić information content (AvgIpc) is 2.17. The molecule has 1 saturated heterocycles. The van der Waals surface area contributed by atoms with E-state index in [4.69, 9.17) is 4.74 Å². The van der Waals surface area contributed by atoms with E-state index in [2.05, 4.69) is 5.32 Å². The fraction of sp³-hybridized carbons (Fsp3) is 1.00. The molecular formula is C8H17NO. The van der Waals surface area contributed by atoms with Crippen molar-refractivity contribution in [1.29, 1.82) is 0 Å². The predicted octanol–water partition coefficient (Wildman–Crippen LogP) is 1.02. The molecule has 0 aromatic heterocycles. The zero-order valence-corrected chi connectivity index (χ0v) is 6.73. The SMILES string of the molecule is COC[C@H]1CCCNCC1. The van der Waals surface area contributed by atoms with Crippen LogP contribution in [0.15, 0.2) is 0 Å². The molecule has 2 nitrogen and oxygen atoms in total. The summed E-state index contributed by atoms with van der Waals surface area (Å²) < 4.78 is 5.11. The second kappa shape index (κ2) is 4.69. The summed E-state index contributed by atoms with van der Waals surface area (Å²) in [7, 11) is 1.79. The van der Waals surface area contributed by atoms with Crippen molar-refractivity contribution in [3.8, 4) is 0 Å². The lowest BCUT2D eigenvalue weighted by molar-refractivity contribution is 0.146. The first-order valence-corrected chi connectivity index (χ1v) is 4.13. The molecule has 0 aromatic rings. The van der Waals surface area contributed by atoms with Gasteiger partial charge in [-0.15, -0.1) is 0 Å². The van der Waals surface area contributed by atoms with Crippen LogP contribution in [-0.2, 0) is 4.74 Å². The molecule has 1 heterocycles. The van der Waals surface area contributed by atoms with E-state index < -0.39 is 0 Å². The Hall–Kier alpha value is -0.0800. The molecule has 60 valence electrons. The zero-order chi connectivity index (χ0) is 7.23. The molecule has 2 heteroatoms. The summed E-state index contributed by atoms with van der Waals surface area (Å²) in [6.07, 6.45) is 3.93. The summed E-state index contributed by atoms with van der Waals surface area (Å²) in [6.45, 7) is 3.32. The molecule has 0 bridgehead atoms. The first kappa shape index (κ1) is 8.02. The van der Waals surface area contributed by atoms with Gasteiger partial charge in [0.1, 0.15) is 0 Å². The van der Waals surface area contributed by atoms with Crippen molar-refractivity contribution in [3.05, 3.63) is 0 Å². The highest BCUT2D eigenvalue weighted by Gasteiger charge is 2.10. The number of hydrogen-bond donors (Lipinski definition) is 1. The van der Waals surface area contributed by atoms with Crippen LogP contribution in [0.25, 0.3) is 0 Å². The Morgan fingerprint density at radius 1 is 1.40 bits per heavy atom. The number of ether oxygens (including phenoxy) is 1. The summed E-state index contributed by atoms with van der Waals surface area (Å²) in [5, 5.41) is 3.38.